The Morgan fingerprint density at radius 1 is 0.955 bits per heavy atom. The van der Waals surface area contributed by atoms with Crippen molar-refractivity contribution in [1.29, 1.82) is 0 Å². The second-order valence-electron chi connectivity index (χ2n) is 6.78. The van der Waals surface area contributed by atoms with Crippen LogP contribution in [0.5, 0.6) is 0 Å². The lowest BCUT2D eigenvalue weighted by molar-refractivity contribution is 0.779. The smallest absolute Gasteiger partial charge is 0.00550 e. The molecule has 0 nitrogen and oxygen atoms in total. The van der Waals surface area contributed by atoms with Gasteiger partial charge in [-0.1, -0.05) is 66.5 Å². The number of allylic oxidation sites excluding steroid dienone is 1. The van der Waals surface area contributed by atoms with E-state index in [1.165, 1.54) is 52.6 Å². The van der Waals surface area contributed by atoms with Crippen molar-refractivity contribution in [3.05, 3.63) is 63.7 Å². The Labute approximate surface area is 134 Å². The molecule has 0 aromatic heterocycles. The van der Waals surface area contributed by atoms with Crippen LogP contribution in [0.3, 0.4) is 0 Å². The first-order valence-corrected chi connectivity index (χ1v) is 8.49. The number of unbranched alkanes of at least 4 members (excludes halogenated alkanes) is 1. The van der Waals surface area contributed by atoms with Crippen LogP contribution in [0.2, 0.25) is 0 Å². The van der Waals surface area contributed by atoms with Crippen LogP contribution in [-0.2, 0) is 6.42 Å². The molecule has 0 saturated carbocycles. The first-order valence-electron chi connectivity index (χ1n) is 8.49. The normalized spacial score (nSPS) is 13.2. The van der Waals surface area contributed by atoms with E-state index >= 15 is 0 Å². The lowest BCUT2D eigenvalue weighted by Crippen LogP contribution is -1.93. The van der Waals surface area contributed by atoms with E-state index in [-0.39, 0.29) is 0 Å². The number of aryl methyl sites for hydroxylation is 3. The van der Waals surface area contributed by atoms with Crippen LogP contribution in [0.4, 0.5) is 0 Å². The fourth-order valence-electron chi connectivity index (χ4n) is 3.60. The minimum Gasteiger partial charge on any atom is -0.0654 e. The van der Waals surface area contributed by atoms with Gasteiger partial charge in [-0.3, -0.25) is 0 Å². The summed E-state index contributed by atoms with van der Waals surface area (Å²) in [5, 5.41) is 0. The first kappa shape index (κ1) is 15.1. The van der Waals surface area contributed by atoms with Gasteiger partial charge in [0.2, 0.25) is 0 Å². The molecule has 0 spiro atoms. The van der Waals surface area contributed by atoms with E-state index in [2.05, 4.69) is 64.1 Å². The van der Waals surface area contributed by atoms with Gasteiger partial charge in [-0.2, -0.15) is 0 Å². The van der Waals surface area contributed by atoms with Crippen LogP contribution in [0.15, 0.2) is 35.9 Å². The number of benzene rings is 2. The summed E-state index contributed by atoms with van der Waals surface area (Å²) in [5.41, 5.74) is 11.5. The third-order valence-corrected chi connectivity index (χ3v) is 4.73. The Hall–Kier alpha value is -1.82. The molecule has 0 unspecified atom stereocenters. The van der Waals surface area contributed by atoms with Crippen LogP contribution in [0.1, 0.15) is 54.0 Å². The maximum absolute atomic E-state index is 2.46. The zero-order valence-corrected chi connectivity index (χ0v) is 14.3. The lowest BCUT2D eigenvalue weighted by Gasteiger charge is -2.12. The molecule has 1 aliphatic rings. The molecule has 0 atom stereocenters. The largest absolute Gasteiger partial charge is 0.0654 e. The molecule has 0 saturated heterocycles. The van der Waals surface area contributed by atoms with E-state index in [1.807, 2.05) is 0 Å². The van der Waals surface area contributed by atoms with Crippen molar-refractivity contribution in [2.75, 3.05) is 0 Å². The van der Waals surface area contributed by atoms with Crippen LogP contribution in [-0.4, -0.2) is 0 Å². The van der Waals surface area contributed by atoms with Gasteiger partial charge >= 0.3 is 0 Å². The summed E-state index contributed by atoms with van der Waals surface area (Å²) in [6, 6.07) is 11.5. The molecular formula is C22H26. The van der Waals surface area contributed by atoms with Gasteiger partial charge in [0, 0.05) is 0 Å². The number of rotatable bonds is 4. The Morgan fingerprint density at radius 3 is 2.36 bits per heavy atom. The zero-order chi connectivity index (χ0) is 15.7. The van der Waals surface area contributed by atoms with Crippen molar-refractivity contribution in [1.82, 2.24) is 0 Å². The molecule has 22 heavy (non-hydrogen) atoms. The number of hydrogen-bond donors (Lipinski definition) is 0. The van der Waals surface area contributed by atoms with Crippen LogP contribution >= 0.6 is 0 Å². The standard InChI is InChI=1S/C22H26/c1-5-6-7-18-13-21-17(4)8-9-20(22(21)14-18)19-11-15(2)10-16(3)12-19/h8-12,14H,5-7,13H2,1-4H3. The van der Waals surface area contributed by atoms with Gasteiger partial charge in [0.25, 0.3) is 0 Å². The fourth-order valence-corrected chi connectivity index (χ4v) is 3.60. The summed E-state index contributed by atoms with van der Waals surface area (Å²) in [6.45, 7) is 8.90. The van der Waals surface area contributed by atoms with E-state index < -0.39 is 0 Å². The van der Waals surface area contributed by atoms with Crippen molar-refractivity contribution in [3.8, 4) is 11.1 Å². The summed E-state index contributed by atoms with van der Waals surface area (Å²) >= 11 is 0. The third-order valence-electron chi connectivity index (χ3n) is 4.73. The summed E-state index contributed by atoms with van der Waals surface area (Å²) in [4.78, 5) is 0. The van der Waals surface area contributed by atoms with Crippen molar-refractivity contribution in [2.24, 2.45) is 0 Å². The van der Waals surface area contributed by atoms with Crippen LogP contribution in [0, 0.1) is 20.8 Å². The molecule has 0 heterocycles. The van der Waals surface area contributed by atoms with Gasteiger partial charge in [-0.05, 0) is 67.9 Å². The van der Waals surface area contributed by atoms with E-state index in [0.29, 0.717) is 0 Å². The van der Waals surface area contributed by atoms with E-state index in [4.69, 9.17) is 0 Å². The number of fused-ring (bicyclic) bond motifs is 1. The van der Waals surface area contributed by atoms with Gasteiger partial charge in [0.15, 0.2) is 0 Å². The molecule has 0 aliphatic heterocycles. The predicted molar refractivity (Wildman–Crippen MR) is 97.3 cm³/mol. The summed E-state index contributed by atoms with van der Waals surface area (Å²) in [7, 11) is 0. The van der Waals surface area contributed by atoms with Gasteiger partial charge < -0.3 is 0 Å². The van der Waals surface area contributed by atoms with Gasteiger partial charge in [-0.25, -0.2) is 0 Å². The lowest BCUT2D eigenvalue weighted by atomic mass is 9.92. The topological polar surface area (TPSA) is 0 Å². The monoisotopic (exact) mass is 290 g/mol. The van der Waals surface area contributed by atoms with Gasteiger partial charge in [0.1, 0.15) is 0 Å². The Kier molecular flexibility index (Phi) is 4.20. The average Bonchev–Trinajstić information content (AvgIpc) is 2.89. The maximum Gasteiger partial charge on any atom is -0.00550 e. The highest BCUT2D eigenvalue weighted by molar-refractivity contribution is 5.82. The van der Waals surface area contributed by atoms with Crippen LogP contribution < -0.4 is 0 Å². The Balaban J connectivity index is 2.07. The van der Waals surface area contributed by atoms with Crippen LogP contribution in [0.25, 0.3) is 17.2 Å². The molecular weight excluding hydrogens is 264 g/mol. The molecule has 0 fully saturated rings. The van der Waals surface area contributed by atoms with Gasteiger partial charge in [-0.15, -0.1) is 0 Å². The second-order valence-corrected chi connectivity index (χ2v) is 6.78. The Morgan fingerprint density at radius 2 is 1.68 bits per heavy atom. The highest BCUT2D eigenvalue weighted by Gasteiger charge is 2.18. The summed E-state index contributed by atoms with van der Waals surface area (Å²) in [5.74, 6) is 0. The fraction of sp³-hybridized carbons (Fsp3) is 0.364. The van der Waals surface area contributed by atoms with E-state index in [9.17, 15) is 0 Å². The Bertz CT molecular complexity index is 712. The van der Waals surface area contributed by atoms with E-state index in [0.717, 1.165) is 6.42 Å². The quantitative estimate of drug-likeness (QED) is 0.610. The molecule has 0 N–H and O–H groups in total. The molecule has 0 amide bonds. The molecule has 0 bridgehead atoms. The second kappa shape index (κ2) is 6.12. The predicted octanol–water partition coefficient (Wildman–Crippen LogP) is 6.41. The minimum absolute atomic E-state index is 1.15. The molecule has 1 aliphatic carbocycles. The first-order chi connectivity index (χ1) is 10.6. The van der Waals surface area contributed by atoms with Crippen molar-refractivity contribution >= 4 is 6.08 Å². The van der Waals surface area contributed by atoms with Crippen molar-refractivity contribution in [3.63, 3.8) is 0 Å². The summed E-state index contributed by atoms with van der Waals surface area (Å²) < 4.78 is 0. The molecule has 0 radical (unpaired) electrons. The minimum atomic E-state index is 1.15. The molecule has 114 valence electrons. The molecule has 2 aromatic carbocycles. The van der Waals surface area contributed by atoms with Crippen molar-refractivity contribution < 1.29 is 0 Å². The molecule has 0 heteroatoms. The third kappa shape index (κ3) is 2.88. The average molecular weight is 290 g/mol. The highest BCUT2D eigenvalue weighted by Crippen LogP contribution is 2.37. The molecule has 3 rings (SSSR count). The molecule has 2 aromatic rings. The highest BCUT2D eigenvalue weighted by atomic mass is 14.2. The SMILES string of the molecule is CCCCC1=Cc2c(-c3cc(C)cc(C)c3)ccc(C)c2C1. The maximum atomic E-state index is 2.46. The summed E-state index contributed by atoms with van der Waals surface area (Å²) in [6.07, 6.45) is 7.44. The van der Waals surface area contributed by atoms with E-state index in [1.54, 1.807) is 11.1 Å². The van der Waals surface area contributed by atoms with Gasteiger partial charge in [0.05, 0.1) is 0 Å². The zero-order valence-electron chi connectivity index (χ0n) is 14.3. The number of hydrogen-bond acceptors (Lipinski definition) is 0. The van der Waals surface area contributed by atoms with Crippen molar-refractivity contribution in [2.45, 2.75) is 53.4 Å².